The lowest BCUT2D eigenvalue weighted by Gasteiger charge is -2.28. The second-order valence-electron chi connectivity index (χ2n) is 6.29. The summed E-state index contributed by atoms with van der Waals surface area (Å²) in [6.45, 7) is 1.86. The monoisotopic (exact) mass is 314 g/mol. The number of pyridine rings is 1. The van der Waals surface area contributed by atoms with Gasteiger partial charge in [-0.05, 0) is 38.7 Å². The number of aliphatic hydroxyl groups excluding tert-OH is 1. The van der Waals surface area contributed by atoms with E-state index in [1.807, 2.05) is 31.2 Å². The molecule has 5 heteroatoms. The summed E-state index contributed by atoms with van der Waals surface area (Å²) >= 11 is 0. The molecule has 0 bridgehead atoms. The average molecular weight is 314 g/mol. The Morgan fingerprint density at radius 2 is 1.96 bits per heavy atom. The lowest BCUT2D eigenvalue weighted by Crippen LogP contribution is -2.29. The number of aryl methyl sites for hydroxylation is 1. The van der Waals surface area contributed by atoms with E-state index >= 15 is 0 Å². The van der Waals surface area contributed by atoms with Crippen molar-refractivity contribution in [3.8, 4) is 0 Å². The van der Waals surface area contributed by atoms with Gasteiger partial charge in [-0.3, -0.25) is 9.78 Å². The lowest BCUT2D eigenvalue weighted by molar-refractivity contribution is -0.136. The Morgan fingerprint density at radius 1 is 1.26 bits per heavy atom. The fourth-order valence-corrected chi connectivity index (χ4v) is 3.33. The van der Waals surface area contributed by atoms with Crippen LogP contribution in [0.4, 0.5) is 5.69 Å². The Hall–Kier alpha value is -2.14. The van der Waals surface area contributed by atoms with Crippen LogP contribution in [0.5, 0.6) is 0 Å². The Labute approximate surface area is 135 Å². The highest BCUT2D eigenvalue weighted by Gasteiger charge is 2.22. The molecule has 0 atom stereocenters. The van der Waals surface area contributed by atoms with Crippen LogP contribution < -0.4 is 5.32 Å². The molecule has 122 valence electrons. The molecule has 5 nitrogen and oxygen atoms in total. The summed E-state index contributed by atoms with van der Waals surface area (Å²) in [4.78, 5) is 15.8. The molecule has 0 saturated heterocycles. The van der Waals surface area contributed by atoms with Crippen molar-refractivity contribution in [1.82, 2.24) is 4.98 Å². The number of nitrogens with one attached hydrogen (secondary N) is 1. The third-order valence-electron chi connectivity index (χ3n) is 4.57. The summed E-state index contributed by atoms with van der Waals surface area (Å²) in [7, 11) is 0. The largest absolute Gasteiger partial charge is 0.481 e. The predicted octanol–water partition coefficient (Wildman–Crippen LogP) is 2.89. The standard InChI is InChI=1S/C18H22N2O3/c1-11-15(10-17(22)23)18(14-4-2-3-5-16(14)19-11)20-12-6-8-13(21)9-7-12/h2-5,12-13,21H,6-10H2,1H3,(H,19,20)(H,22,23). The molecular weight excluding hydrogens is 292 g/mol. The van der Waals surface area contributed by atoms with Crippen LogP contribution in [0.15, 0.2) is 24.3 Å². The van der Waals surface area contributed by atoms with Crippen LogP contribution in [-0.4, -0.2) is 33.3 Å². The smallest absolute Gasteiger partial charge is 0.307 e. The number of fused-ring (bicyclic) bond motifs is 1. The van der Waals surface area contributed by atoms with Crippen LogP contribution in [0.3, 0.4) is 0 Å². The molecule has 0 amide bonds. The molecule has 1 fully saturated rings. The van der Waals surface area contributed by atoms with Gasteiger partial charge in [0.15, 0.2) is 0 Å². The molecule has 0 radical (unpaired) electrons. The maximum Gasteiger partial charge on any atom is 0.307 e. The number of carboxylic acid groups (broad SMARTS) is 1. The second kappa shape index (κ2) is 6.54. The first-order valence-corrected chi connectivity index (χ1v) is 8.09. The minimum Gasteiger partial charge on any atom is -0.481 e. The molecule has 3 N–H and O–H groups in total. The fraction of sp³-hybridized carbons (Fsp3) is 0.444. The van der Waals surface area contributed by atoms with Gasteiger partial charge < -0.3 is 15.5 Å². The zero-order valence-electron chi connectivity index (χ0n) is 13.2. The molecule has 0 spiro atoms. The molecule has 1 heterocycles. The van der Waals surface area contributed by atoms with Crippen LogP contribution in [0.2, 0.25) is 0 Å². The van der Waals surface area contributed by atoms with Crippen LogP contribution >= 0.6 is 0 Å². The molecule has 1 saturated carbocycles. The highest BCUT2D eigenvalue weighted by molar-refractivity contribution is 5.95. The van der Waals surface area contributed by atoms with Gasteiger partial charge >= 0.3 is 5.97 Å². The summed E-state index contributed by atoms with van der Waals surface area (Å²) < 4.78 is 0. The third-order valence-corrected chi connectivity index (χ3v) is 4.57. The van der Waals surface area contributed by atoms with Gasteiger partial charge in [0.05, 0.1) is 18.0 Å². The quantitative estimate of drug-likeness (QED) is 0.808. The molecule has 0 aliphatic heterocycles. The number of para-hydroxylation sites is 1. The summed E-state index contributed by atoms with van der Waals surface area (Å²) in [5.41, 5.74) is 3.26. The zero-order chi connectivity index (χ0) is 16.4. The van der Waals surface area contributed by atoms with Crippen molar-refractivity contribution < 1.29 is 15.0 Å². The molecule has 1 aliphatic carbocycles. The van der Waals surface area contributed by atoms with Gasteiger partial charge in [0, 0.05) is 28.4 Å². The van der Waals surface area contributed by atoms with Crippen LogP contribution in [0, 0.1) is 6.92 Å². The van der Waals surface area contributed by atoms with Crippen molar-refractivity contribution >= 4 is 22.6 Å². The van der Waals surface area contributed by atoms with Gasteiger partial charge in [-0.1, -0.05) is 18.2 Å². The number of hydrogen-bond donors (Lipinski definition) is 3. The maximum absolute atomic E-state index is 11.3. The second-order valence-corrected chi connectivity index (χ2v) is 6.29. The van der Waals surface area contributed by atoms with Crippen LogP contribution in [0.1, 0.15) is 36.9 Å². The summed E-state index contributed by atoms with van der Waals surface area (Å²) in [5, 5.41) is 23.4. The SMILES string of the molecule is Cc1nc2ccccc2c(NC2CCC(O)CC2)c1CC(=O)O. The van der Waals surface area contributed by atoms with Gasteiger partial charge in [0.2, 0.25) is 0 Å². The number of aliphatic hydroxyl groups is 1. The van der Waals surface area contributed by atoms with E-state index in [9.17, 15) is 15.0 Å². The van der Waals surface area contributed by atoms with E-state index in [0.717, 1.165) is 53.5 Å². The number of aliphatic carboxylic acids is 1. The molecule has 23 heavy (non-hydrogen) atoms. The van der Waals surface area contributed by atoms with Gasteiger partial charge in [-0.15, -0.1) is 0 Å². The normalized spacial score (nSPS) is 21.3. The van der Waals surface area contributed by atoms with Crippen LogP contribution in [0.25, 0.3) is 10.9 Å². The molecule has 1 aliphatic rings. The topological polar surface area (TPSA) is 82.5 Å². The predicted molar refractivity (Wildman–Crippen MR) is 89.7 cm³/mol. The minimum absolute atomic E-state index is 0.0403. The number of anilines is 1. The van der Waals surface area contributed by atoms with Gasteiger partial charge in [0.1, 0.15) is 0 Å². The zero-order valence-corrected chi connectivity index (χ0v) is 13.2. The van der Waals surface area contributed by atoms with Gasteiger partial charge in [-0.2, -0.15) is 0 Å². The lowest BCUT2D eigenvalue weighted by atomic mass is 9.92. The molecular formula is C18H22N2O3. The molecule has 0 unspecified atom stereocenters. The Kier molecular flexibility index (Phi) is 4.48. The van der Waals surface area contributed by atoms with E-state index < -0.39 is 5.97 Å². The van der Waals surface area contributed by atoms with Crippen molar-refractivity contribution in [1.29, 1.82) is 0 Å². The highest BCUT2D eigenvalue weighted by Crippen LogP contribution is 2.32. The highest BCUT2D eigenvalue weighted by atomic mass is 16.4. The van der Waals surface area contributed by atoms with Crippen molar-refractivity contribution in [3.05, 3.63) is 35.5 Å². The molecule has 1 aromatic carbocycles. The van der Waals surface area contributed by atoms with Crippen LogP contribution in [-0.2, 0) is 11.2 Å². The van der Waals surface area contributed by atoms with E-state index in [4.69, 9.17) is 0 Å². The maximum atomic E-state index is 11.3. The number of benzene rings is 1. The first-order chi connectivity index (χ1) is 11.0. The number of carbonyl (C=O) groups is 1. The minimum atomic E-state index is -0.854. The number of rotatable bonds is 4. The van der Waals surface area contributed by atoms with Gasteiger partial charge in [-0.25, -0.2) is 0 Å². The molecule has 3 rings (SSSR count). The molecule has 1 aromatic heterocycles. The fourth-order valence-electron chi connectivity index (χ4n) is 3.33. The van der Waals surface area contributed by atoms with E-state index in [1.165, 1.54) is 0 Å². The Morgan fingerprint density at radius 3 is 2.65 bits per heavy atom. The van der Waals surface area contributed by atoms with E-state index in [-0.39, 0.29) is 18.6 Å². The first kappa shape index (κ1) is 15.7. The number of aromatic nitrogens is 1. The summed E-state index contributed by atoms with van der Waals surface area (Å²) in [6.07, 6.45) is 3.11. The Balaban J connectivity index is 2.02. The van der Waals surface area contributed by atoms with Gasteiger partial charge in [0.25, 0.3) is 0 Å². The van der Waals surface area contributed by atoms with Crippen molar-refractivity contribution in [2.75, 3.05) is 5.32 Å². The first-order valence-electron chi connectivity index (χ1n) is 8.09. The average Bonchev–Trinajstić information content (AvgIpc) is 2.52. The summed E-state index contributed by atoms with van der Waals surface area (Å²) in [5.74, 6) is -0.854. The number of hydrogen-bond acceptors (Lipinski definition) is 4. The third kappa shape index (κ3) is 3.45. The summed E-state index contributed by atoms with van der Waals surface area (Å²) in [6, 6.07) is 8.07. The molecule has 2 aromatic rings. The van der Waals surface area contributed by atoms with Crippen molar-refractivity contribution in [2.24, 2.45) is 0 Å². The van der Waals surface area contributed by atoms with E-state index in [2.05, 4.69) is 10.3 Å². The number of nitrogens with zero attached hydrogens (tertiary/aromatic N) is 1. The van der Waals surface area contributed by atoms with E-state index in [1.54, 1.807) is 0 Å². The van der Waals surface area contributed by atoms with E-state index in [0.29, 0.717) is 0 Å². The van der Waals surface area contributed by atoms with Crippen molar-refractivity contribution in [3.63, 3.8) is 0 Å². The Bertz CT molecular complexity index is 722. The number of carboxylic acids is 1. The van der Waals surface area contributed by atoms with Crippen molar-refractivity contribution in [2.45, 2.75) is 51.2 Å².